The lowest BCUT2D eigenvalue weighted by molar-refractivity contribution is -0.126. The molecule has 4 aliphatic carbocycles. The Kier molecular flexibility index (Phi) is 16.9. The molecule has 0 aromatic heterocycles. The zero-order chi connectivity index (χ0) is 30.9. The molecular weight excluding hydrogens is 564 g/mol. The molecule has 4 saturated carbocycles. The normalized spacial score (nSPS) is 31.3. The first-order valence-electron chi connectivity index (χ1n) is 19.8. The highest BCUT2D eigenvalue weighted by molar-refractivity contribution is 7.90. The Hall–Kier alpha value is -0.620. The van der Waals surface area contributed by atoms with Crippen LogP contribution >= 0.6 is 0 Å². The maximum absolute atomic E-state index is 13.6. The van der Waals surface area contributed by atoms with Crippen LogP contribution in [0.15, 0.2) is 0 Å². The minimum Gasteiger partial charge on any atom is -0.353 e. The number of sulfonamides is 1. The van der Waals surface area contributed by atoms with E-state index in [4.69, 9.17) is 0 Å². The van der Waals surface area contributed by atoms with E-state index in [1.807, 2.05) is 0 Å². The van der Waals surface area contributed by atoms with Gasteiger partial charge >= 0.3 is 0 Å². The SMILES string of the molecule is O=C(NC1CCCCC(S(=O)(=O)NC2CCCCCCCCCC2)CCC1)C1CCCC(C2CCCCCCCC2)CCC1. The van der Waals surface area contributed by atoms with Crippen LogP contribution in [0.3, 0.4) is 0 Å². The average molecular weight is 635 g/mol. The van der Waals surface area contributed by atoms with Gasteiger partial charge in [-0.3, -0.25) is 4.79 Å². The second kappa shape index (κ2) is 20.6. The first kappa shape index (κ1) is 36.2. The maximum Gasteiger partial charge on any atom is 0.223 e. The summed E-state index contributed by atoms with van der Waals surface area (Å²) in [5, 5.41) is 3.19. The van der Waals surface area contributed by atoms with Crippen LogP contribution in [-0.4, -0.2) is 31.7 Å². The Labute approximate surface area is 272 Å². The Morgan fingerprint density at radius 1 is 0.409 bits per heavy atom. The second-order valence-corrected chi connectivity index (χ2v) is 17.6. The van der Waals surface area contributed by atoms with E-state index in [-0.39, 0.29) is 29.2 Å². The molecule has 0 heterocycles. The van der Waals surface area contributed by atoms with E-state index in [9.17, 15) is 13.2 Å². The molecule has 5 nitrogen and oxygen atoms in total. The molecular formula is C38H70N2O3S. The van der Waals surface area contributed by atoms with Crippen molar-refractivity contribution in [2.45, 2.75) is 216 Å². The van der Waals surface area contributed by atoms with Crippen molar-refractivity contribution in [1.82, 2.24) is 10.0 Å². The number of carbonyl (C=O) groups is 1. The van der Waals surface area contributed by atoms with Crippen molar-refractivity contribution in [3.63, 3.8) is 0 Å². The summed E-state index contributed by atoms with van der Waals surface area (Å²) in [6, 6.07) is 0.314. The third-order valence-electron chi connectivity index (χ3n) is 12.1. The van der Waals surface area contributed by atoms with E-state index in [0.717, 1.165) is 95.3 Å². The van der Waals surface area contributed by atoms with Crippen molar-refractivity contribution < 1.29 is 13.2 Å². The molecule has 0 bridgehead atoms. The number of rotatable bonds is 6. The first-order valence-corrected chi connectivity index (χ1v) is 21.4. The molecule has 0 saturated heterocycles. The summed E-state index contributed by atoms with van der Waals surface area (Å²) in [6.45, 7) is 0. The van der Waals surface area contributed by atoms with Crippen molar-refractivity contribution in [1.29, 1.82) is 0 Å². The summed E-state index contributed by atoms with van der Waals surface area (Å²) in [7, 11) is -3.32. The first-order chi connectivity index (χ1) is 21.5. The quantitative estimate of drug-likeness (QED) is 0.305. The highest BCUT2D eigenvalue weighted by Crippen LogP contribution is 2.37. The van der Waals surface area contributed by atoms with Gasteiger partial charge in [-0.05, 0) is 63.2 Å². The molecule has 4 rings (SSSR count). The monoisotopic (exact) mass is 635 g/mol. The van der Waals surface area contributed by atoms with E-state index in [1.54, 1.807) is 0 Å². The van der Waals surface area contributed by atoms with Gasteiger partial charge in [-0.1, -0.05) is 148 Å². The molecule has 2 atom stereocenters. The molecule has 4 aliphatic rings. The highest BCUT2D eigenvalue weighted by atomic mass is 32.2. The number of hydrogen-bond donors (Lipinski definition) is 2. The summed E-state index contributed by atoms with van der Waals surface area (Å²) in [5.41, 5.74) is 0. The molecule has 256 valence electrons. The summed E-state index contributed by atoms with van der Waals surface area (Å²) in [5.74, 6) is 2.27. The van der Waals surface area contributed by atoms with Crippen LogP contribution < -0.4 is 10.0 Å². The molecule has 44 heavy (non-hydrogen) atoms. The molecule has 6 heteroatoms. The third kappa shape index (κ3) is 13.2. The van der Waals surface area contributed by atoms with Crippen LogP contribution in [0.4, 0.5) is 0 Å². The predicted molar refractivity (Wildman–Crippen MR) is 185 cm³/mol. The van der Waals surface area contributed by atoms with Gasteiger partial charge in [0.25, 0.3) is 0 Å². The van der Waals surface area contributed by atoms with E-state index in [1.165, 1.54) is 116 Å². The van der Waals surface area contributed by atoms with Gasteiger partial charge < -0.3 is 5.32 Å². The predicted octanol–water partition coefficient (Wildman–Crippen LogP) is 10.1. The number of nitrogens with one attached hydrogen (secondary N) is 2. The summed E-state index contributed by atoms with van der Waals surface area (Å²) < 4.78 is 30.3. The maximum atomic E-state index is 13.6. The van der Waals surface area contributed by atoms with Crippen LogP contribution in [-0.2, 0) is 14.8 Å². The van der Waals surface area contributed by atoms with Crippen LogP contribution in [0.5, 0.6) is 0 Å². The van der Waals surface area contributed by atoms with Gasteiger partial charge in [0.15, 0.2) is 0 Å². The van der Waals surface area contributed by atoms with Gasteiger partial charge in [0.05, 0.1) is 5.25 Å². The Morgan fingerprint density at radius 2 is 0.773 bits per heavy atom. The standard InChI is InChI=1S/C38H70N2O3S/c41-38(34-24-17-22-33(23-18-25-34)32-20-11-7-5-6-8-12-21-32)39-35-26-15-16-30-37(31-19-29-35)44(42,43)40-36-27-13-9-3-1-2-4-10-14-28-36/h32-37,40H,1-31H2,(H,39,41). The summed E-state index contributed by atoms with van der Waals surface area (Å²) in [4.78, 5) is 13.5. The molecule has 0 spiro atoms. The smallest absolute Gasteiger partial charge is 0.223 e. The van der Waals surface area contributed by atoms with Gasteiger partial charge in [-0.2, -0.15) is 0 Å². The summed E-state index contributed by atoms with van der Waals surface area (Å²) in [6.07, 6.45) is 36.8. The topological polar surface area (TPSA) is 75.3 Å². The van der Waals surface area contributed by atoms with Crippen molar-refractivity contribution in [3.8, 4) is 0 Å². The van der Waals surface area contributed by atoms with Gasteiger partial charge in [0.1, 0.15) is 0 Å². The lowest BCUT2D eigenvalue weighted by Crippen LogP contribution is -2.41. The molecule has 1 amide bonds. The van der Waals surface area contributed by atoms with Crippen LogP contribution in [0.25, 0.3) is 0 Å². The number of amides is 1. The molecule has 2 N–H and O–H groups in total. The second-order valence-electron chi connectivity index (χ2n) is 15.6. The van der Waals surface area contributed by atoms with Crippen molar-refractivity contribution in [2.24, 2.45) is 17.8 Å². The molecule has 4 fully saturated rings. The van der Waals surface area contributed by atoms with Crippen molar-refractivity contribution >= 4 is 15.9 Å². The minimum atomic E-state index is -3.32. The molecule has 0 aliphatic heterocycles. The van der Waals surface area contributed by atoms with E-state index >= 15 is 0 Å². The molecule has 2 unspecified atom stereocenters. The average Bonchev–Trinajstić information content (AvgIpc) is 3.17. The Morgan fingerprint density at radius 3 is 1.34 bits per heavy atom. The van der Waals surface area contributed by atoms with Crippen LogP contribution in [0.2, 0.25) is 0 Å². The van der Waals surface area contributed by atoms with Gasteiger partial charge in [-0.15, -0.1) is 0 Å². The zero-order valence-corrected chi connectivity index (χ0v) is 29.3. The fourth-order valence-electron chi connectivity index (χ4n) is 9.26. The largest absolute Gasteiger partial charge is 0.353 e. The van der Waals surface area contributed by atoms with E-state index < -0.39 is 10.0 Å². The van der Waals surface area contributed by atoms with Gasteiger partial charge in [0, 0.05) is 18.0 Å². The van der Waals surface area contributed by atoms with Crippen molar-refractivity contribution in [3.05, 3.63) is 0 Å². The lowest BCUT2D eigenvalue weighted by Gasteiger charge is -2.31. The molecule has 0 aromatic rings. The number of carbonyl (C=O) groups excluding carboxylic acids is 1. The fourth-order valence-corrected chi connectivity index (χ4v) is 11.1. The fraction of sp³-hybridized carbons (Fsp3) is 0.974. The minimum absolute atomic E-state index is 0.109. The van der Waals surface area contributed by atoms with Crippen molar-refractivity contribution in [2.75, 3.05) is 0 Å². The van der Waals surface area contributed by atoms with E-state index in [0.29, 0.717) is 0 Å². The Bertz CT molecular complexity index is 861. The number of hydrogen-bond acceptors (Lipinski definition) is 3. The lowest BCUT2D eigenvalue weighted by atomic mass is 9.76. The molecule has 0 radical (unpaired) electrons. The summed E-state index contributed by atoms with van der Waals surface area (Å²) >= 11 is 0. The van der Waals surface area contributed by atoms with Crippen LogP contribution in [0, 0.1) is 17.8 Å². The van der Waals surface area contributed by atoms with Crippen LogP contribution in [0.1, 0.15) is 199 Å². The third-order valence-corrected chi connectivity index (χ3v) is 14.1. The van der Waals surface area contributed by atoms with E-state index in [2.05, 4.69) is 10.0 Å². The highest BCUT2D eigenvalue weighted by Gasteiger charge is 2.31. The zero-order valence-electron chi connectivity index (χ0n) is 28.5. The van der Waals surface area contributed by atoms with Gasteiger partial charge in [0.2, 0.25) is 15.9 Å². The Balaban J connectivity index is 1.20. The van der Waals surface area contributed by atoms with Gasteiger partial charge in [-0.25, -0.2) is 13.1 Å². The molecule has 0 aromatic carbocycles.